The van der Waals surface area contributed by atoms with Crippen LogP contribution in [0.2, 0.25) is 0 Å². The lowest BCUT2D eigenvalue weighted by Crippen LogP contribution is -1.80. The van der Waals surface area contributed by atoms with Crippen LogP contribution in [0.15, 0.2) is 10.5 Å². The Morgan fingerprint density at radius 2 is 1.91 bits per heavy atom. The predicted molar refractivity (Wildman–Crippen MR) is 46.8 cm³/mol. The quantitative estimate of drug-likeness (QED) is 0.517. The molecule has 0 unspecified atom stereocenters. The van der Waals surface area contributed by atoms with Crippen molar-refractivity contribution in [3.63, 3.8) is 0 Å². The molecule has 58 valence electrons. The maximum atomic E-state index is 8.42. The van der Waals surface area contributed by atoms with Gasteiger partial charge in [-0.25, -0.2) is 0 Å². The maximum Gasteiger partial charge on any atom is 0.138 e. The molecule has 0 amide bonds. The number of unbranched alkanes of at least 4 members (excludes halogenated alkanes) is 1. The van der Waals surface area contributed by atoms with Crippen LogP contribution in [0.25, 0.3) is 0 Å². The molecule has 0 rings (SSSR count). The van der Waals surface area contributed by atoms with E-state index in [2.05, 4.69) is 19.6 Å². The molecule has 0 radical (unpaired) electrons. The molecule has 0 aromatic rings. The molecule has 2 nitrogen and oxygen atoms in total. The van der Waals surface area contributed by atoms with E-state index < -0.39 is 0 Å². The Morgan fingerprint density at radius 1 is 1.36 bits per heavy atom. The van der Waals surface area contributed by atoms with Crippen LogP contribution in [0, 0.1) is 22.7 Å². The third-order valence-electron chi connectivity index (χ3n) is 1.28. The van der Waals surface area contributed by atoms with Gasteiger partial charge in [0, 0.05) is 4.91 Å². The van der Waals surface area contributed by atoms with Crippen molar-refractivity contribution in [2.24, 2.45) is 0 Å². The third kappa shape index (κ3) is 3.70. The first-order valence-corrected chi connectivity index (χ1v) is 3.93. The van der Waals surface area contributed by atoms with Crippen molar-refractivity contribution >= 4 is 12.6 Å². The van der Waals surface area contributed by atoms with Crippen LogP contribution < -0.4 is 0 Å². The molecule has 0 fully saturated rings. The lowest BCUT2D eigenvalue weighted by Gasteiger charge is -1.95. The first kappa shape index (κ1) is 10.1. The highest BCUT2D eigenvalue weighted by atomic mass is 32.1. The molecule has 0 aromatic carbocycles. The number of rotatable bonds is 3. The van der Waals surface area contributed by atoms with Gasteiger partial charge in [0.25, 0.3) is 0 Å². The summed E-state index contributed by atoms with van der Waals surface area (Å²) in [5.74, 6) is 0. The van der Waals surface area contributed by atoms with Gasteiger partial charge in [-0.05, 0) is 12.8 Å². The molecule has 0 N–H and O–H groups in total. The Morgan fingerprint density at radius 3 is 2.27 bits per heavy atom. The molecule has 0 aliphatic rings. The van der Waals surface area contributed by atoms with Crippen LogP contribution >= 0.6 is 12.6 Å². The zero-order chi connectivity index (χ0) is 8.69. The van der Waals surface area contributed by atoms with E-state index in [1.807, 2.05) is 0 Å². The highest BCUT2D eigenvalue weighted by molar-refractivity contribution is 7.84. The lowest BCUT2D eigenvalue weighted by atomic mass is 10.2. The molecule has 0 aliphatic carbocycles. The van der Waals surface area contributed by atoms with Gasteiger partial charge in [-0.2, -0.15) is 10.5 Å². The van der Waals surface area contributed by atoms with Crippen molar-refractivity contribution in [1.29, 1.82) is 10.5 Å². The topological polar surface area (TPSA) is 47.6 Å². The van der Waals surface area contributed by atoms with Gasteiger partial charge in [-0.3, -0.25) is 0 Å². The second kappa shape index (κ2) is 5.82. The molecule has 0 aliphatic heterocycles. The summed E-state index contributed by atoms with van der Waals surface area (Å²) in [6.07, 6.45) is 2.76. The first-order chi connectivity index (χ1) is 5.26. The summed E-state index contributed by atoms with van der Waals surface area (Å²) in [7, 11) is 0. The van der Waals surface area contributed by atoms with E-state index >= 15 is 0 Å². The van der Waals surface area contributed by atoms with Crippen molar-refractivity contribution in [2.45, 2.75) is 26.2 Å². The molecular formula is C8H10N2S. The average molecular weight is 166 g/mol. The van der Waals surface area contributed by atoms with Crippen molar-refractivity contribution < 1.29 is 0 Å². The third-order valence-corrected chi connectivity index (χ3v) is 1.73. The predicted octanol–water partition coefficient (Wildman–Crippen LogP) is 2.41. The molecule has 0 spiro atoms. The van der Waals surface area contributed by atoms with Gasteiger partial charge >= 0.3 is 0 Å². The van der Waals surface area contributed by atoms with Crippen LogP contribution in [-0.2, 0) is 0 Å². The van der Waals surface area contributed by atoms with Crippen molar-refractivity contribution in [3.05, 3.63) is 10.5 Å². The normalized spacial score (nSPS) is 8.00. The molecule has 0 atom stereocenters. The Labute approximate surface area is 72.5 Å². The summed E-state index contributed by atoms with van der Waals surface area (Å²) in [4.78, 5) is 0.608. The van der Waals surface area contributed by atoms with Crippen LogP contribution in [0.5, 0.6) is 0 Å². The minimum atomic E-state index is 0.141. The maximum absolute atomic E-state index is 8.42. The van der Waals surface area contributed by atoms with Crippen molar-refractivity contribution in [1.82, 2.24) is 0 Å². The van der Waals surface area contributed by atoms with Gasteiger partial charge in [-0.1, -0.05) is 13.3 Å². The minimum Gasteiger partial charge on any atom is -0.192 e. The minimum absolute atomic E-state index is 0.141. The van der Waals surface area contributed by atoms with Gasteiger partial charge < -0.3 is 0 Å². The number of nitrogens with zero attached hydrogens (tertiary/aromatic N) is 2. The fourth-order valence-corrected chi connectivity index (χ4v) is 0.881. The second-order valence-corrected chi connectivity index (χ2v) is 2.69. The van der Waals surface area contributed by atoms with Crippen LogP contribution in [-0.4, -0.2) is 0 Å². The Hall–Kier alpha value is -0.930. The van der Waals surface area contributed by atoms with Crippen molar-refractivity contribution in [2.75, 3.05) is 0 Å². The molecule has 3 heteroatoms. The van der Waals surface area contributed by atoms with E-state index in [1.54, 1.807) is 12.1 Å². The first-order valence-electron chi connectivity index (χ1n) is 3.48. The average Bonchev–Trinajstić information content (AvgIpc) is 2.03. The molecule has 11 heavy (non-hydrogen) atoms. The fourth-order valence-electron chi connectivity index (χ4n) is 0.623. The number of hydrogen-bond acceptors (Lipinski definition) is 3. The number of hydrogen-bond donors (Lipinski definition) is 1. The molecule has 0 heterocycles. The monoisotopic (exact) mass is 166 g/mol. The molecule has 0 saturated carbocycles. The van der Waals surface area contributed by atoms with Gasteiger partial charge in [0.1, 0.15) is 17.7 Å². The highest BCUT2D eigenvalue weighted by Crippen LogP contribution is 2.15. The van der Waals surface area contributed by atoms with Crippen LogP contribution in [0.4, 0.5) is 0 Å². The lowest BCUT2D eigenvalue weighted by molar-refractivity contribution is 0.808. The summed E-state index contributed by atoms with van der Waals surface area (Å²) in [6.45, 7) is 2.06. The Balaban J connectivity index is 4.19. The van der Waals surface area contributed by atoms with E-state index in [9.17, 15) is 0 Å². The SMILES string of the molecule is CCCCC(S)=C(C#N)C#N. The molecular weight excluding hydrogens is 156 g/mol. The van der Waals surface area contributed by atoms with Gasteiger partial charge in [0.2, 0.25) is 0 Å². The highest BCUT2D eigenvalue weighted by Gasteiger charge is 1.99. The van der Waals surface area contributed by atoms with Crippen LogP contribution in [0.3, 0.4) is 0 Å². The van der Waals surface area contributed by atoms with E-state index in [4.69, 9.17) is 10.5 Å². The smallest absolute Gasteiger partial charge is 0.138 e. The summed E-state index contributed by atoms with van der Waals surface area (Å²) in [5.41, 5.74) is 0.141. The molecule has 0 aromatic heterocycles. The van der Waals surface area contributed by atoms with E-state index in [1.165, 1.54) is 0 Å². The zero-order valence-electron chi connectivity index (χ0n) is 6.46. The zero-order valence-corrected chi connectivity index (χ0v) is 7.36. The number of nitriles is 2. The fraction of sp³-hybridized carbons (Fsp3) is 0.500. The number of thiol groups is 1. The van der Waals surface area contributed by atoms with E-state index in [0.717, 1.165) is 19.3 Å². The number of allylic oxidation sites excluding steroid dienone is 2. The van der Waals surface area contributed by atoms with Gasteiger partial charge in [0.15, 0.2) is 0 Å². The second-order valence-electron chi connectivity index (χ2n) is 2.15. The largest absolute Gasteiger partial charge is 0.192 e. The van der Waals surface area contributed by atoms with Gasteiger partial charge in [-0.15, -0.1) is 12.6 Å². The Bertz CT molecular complexity index is 213. The van der Waals surface area contributed by atoms with E-state index in [-0.39, 0.29) is 5.57 Å². The Kier molecular flexibility index (Phi) is 5.33. The summed E-state index contributed by atoms with van der Waals surface area (Å²) >= 11 is 4.05. The van der Waals surface area contributed by atoms with E-state index in [0.29, 0.717) is 4.91 Å². The molecule has 0 bridgehead atoms. The molecule has 0 saturated heterocycles. The van der Waals surface area contributed by atoms with Crippen LogP contribution in [0.1, 0.15) is 26.2 Å². The van der Waals surface area contributed by atoms with Gasteiger partial charge in [0.05, 0.1) is 0 Å². The summed E-state index contributed by atoms with van der Waals surface area (Å²) < 4.78 is 0. The van der Waals surface area contributed by atoms with Crippen molar-refractivity contribution in [3.8, 4) is 12.1 Å². The standard InChI is InChI=1S/C8H10N2S/c1-2-3-4-8(11)7(5-9)6-10/h11H,2-4H2,1H3. The summed E-state index contributed by atoms with van der Waals surface area (Å²) in [6, 6.07) is 3.61. The summed E-state index contributed by atoms with van der Waals surface area (Å²) in [5, 5.41) is 16.8.